The molecule has 1 amide bonds. The van der Waals surface area contributed by atoms with Crippen molar-refractivity contribution in [1.82, 2.24) is 10.3 Å². The normalized spacial score (nSPS) is 10.8. The number of aromatic nitrogens is 1. The molecule has 0 aliphatic carbocycles. The average molecular weight is 330 g/mol. The predicted molar refractivity (Wildman–Crippen MR) is 87.8 cm³/mol. The molecule has 1 heterocycles. The zero-order valence-corrected chi connectivity index (χ0v) is 13.1. The minimum Gasteiger partial charge on any atom is -0.431 e. The summed E-state index contributed by atoms with van der Waals surface area (Å²) in [6.45, 7) is 0.397. The molecule has 2 aromatic carbocycles. The van der Waals surface area contributed by atoms with E-state index in [2.05, 4.69) is 10.3 Å². The minimum atomic E-state index is -0.248. The molecule has 0 fully saturated rings. The number of hydrogen-bond donors (Lipinski definition) is 1. The SMILES string of the molecule is O=C(CSc1nc2ccccc2o1)NCCc1ccccc1F. The summed E-state index contributed by atoms with van der Waals surface area (Å²) < 4.78 is 19.0. The quantitative estimate of drug-likeness (QED) is 0.704. The van der Waals surface area contributed by atoms with E-state index < -0.39 is 0 Å². The Morgan fingerprint density at radius 3 is 2.78 bits per heavy atom. The summed E-state index contributed by atoms with van der Waals surface area (Å²) in [5, 5.41) is 3.23. The first-order valence-electron chi connectivity index (χ1n) is 7.21. The van der Waals surface area contributed by atoms with Gasteiger partial charge in [-0.15, -0.1) is 0 Å². The molecule has 0 aliphatic rings. The second-order valence-electron chi connectivity index (χ2n) is 4.93. The lowest BCUT2D eigenvalue weighted by Crippen LogP contribution is -2.27. The molecule has 1 N–H and O–H groups in total. The molecule has 4 nitrogen and oxygen atoms in total. The van der Waals surface area contributed by atoms with Gasteiger partial charge < -0.3 is 9.73 Å². The van der Waals surface area contributed by atoms with Crippen LogP contribution in [0.25, 0.3) is 11.1 Å². The van der Waals surface area contributed by atoms with Gasteiger partial charge in [0.2, 0.25) is 5.91 Å². The maximum absolute atomic E-state index is 13.4. The molecule has 0 saturated carbocycles. The molecule has 3 aromatic rings. The van der Waals surface area contributed by atoms with Crippen LogP contribution in [0.1, 0.15) is 5.56 Å². The third-order valence-corrected chi connectivity index (χ3v) is 4.10. The summed E-state index contributed by atoms with van der Waals surface area (Å²) in [6.07, 6.45) is 0.464. The van der Waals surface area contributed by atoms with Crippen LogP contribution < -0.4 is 5.32 Å². The largest absolute Gasteiger partial charge is 0.431 e. The molecule has 3 rings (SSSR count). The Labute approximate surface area is 137 Å². The van der Waals surface area contributed by atoms with Gasteiger partial charge in [-0.1, -0.05) is 42.1 Å². The number of nitrogens with one attached hydrogen (secondary N) is 1. The van der Waals surface area contributed by atoms with E-state index in [1.165, 1.54) is 17.8 Å². The number of carbonyl (C=O) groups excluding carboxylic acids is 1. The third kappa shape index (κ3) is 4.10. The van der Waals surface area contributed by atoms with E-state index in [0.717, 1.165) is 5.52 Å². The first-order valence-corrected chi connectivity index (χ1v) is 8.19. The molecule has 0 spiro atoms. The Balaban J connectivity index is 1.45. The van der Waals surface area contributed by atoms with Gasteiger partial charge in [-0.05, 0) is 30.2 Å². The second-order valence-corrected chi connectivity index (χ2v) is 5.85. The summed E-state index contributed by atoms with van der Waals surface area (Å²) in [6, 6.07) is 14.0. The number of thioether (sulfide) groups is 1. The zero-order valence-electron chi connectivity index (χ0n) is 12.3. The fourth-order valence-corrected chi connectivity index (χ4v) is 2.80. The number of para-hydroxylation sites is 2. The highest BCUT2D eigenvalue weighted by atomic mass is 32.2. The van der Waals surface area contributed by atoms with Crippen LogP contribution in [0.3, 0.4) is 0 Å². The van der Waals surface area contributed by atoms with Gasteiger partial charge >= 0.3 is 0 Å². The Morgan fingerprint density at radius 1 is 1.17 bits per heavy atom. The van der Waals surface area contributed by atoms with Crippen LogP contribution in [-0.4, -0.2) is 23.2 Å². The lowest BCUT2D eigenvalue weighted by atomic mass is 10.1. The van der Waals surface area contributed by atoms with Crippen LogP contribution >= 0.6 is 11.8 Å². The number of fused-ring (bicyclic) bond motifs is 1. The fraction of sp³-hybridized carbons (Fsp3) is 0.176. The van der Waals surface area contributed by atoms with E-state index in [-0.39, 0.29) is 17.5 Å². The van der Waals surface area contributed by atoms with Crippen LogP contribution in [0.4, 0.5) is 4.39 Å². The topological polar surface area (TPSA) is 55.1 Å². The van der Waals surface area contributed by atoms with Crippen molar-refractivity contribution in [1.29, 1.82) is 0 Å². The van der Waals surface area contributed by atoms with Crippen molar-refractivity contribution in [2.75, 3.05) is 12.3 Å². The average Bonchev–Trinajstić information content (AvgIpc) is 2.98. The second kappa shape index (κ2) is 7.28. The van der Waals surface area contributed by atoms with Crippen LogP contribution in [-0.2, 0) is 11.2 Å². The van der Waals surface area contributed by atoms with Crippen molar-refractivity contribution in [2.45, 2.75) is 11.6 Å². The molecule has 6 heteroatoms. The molecule has 23 heavy (non-hydrogen) atoms. The standard InChI is InChI=1S/C17H15FN2O2S/c18-13-6-2-1-5-12(13)9-10-19-16(21)11-23-17-20-14-7-3-4-8-15(14)22-17/h1-8H,9-11H2,(H,19,21). The van der Waals surface area contributed by atoms with Crippen LogP contribution in [0.2, 0.25) is 0 Å². The smallest absolute Gasteiger partial charge is 0.257 e. The molecule has 118 valence electrons. The monoisotopic (exact) mass is 330 g/mol. The van der Waals surface area contributed by atoms with E-state index >= 15 is 0 Å². The van der Waals surface area contributed by atoms with Crippen molar-refractivity contribution < 1.29 is 13.6 Å². The molecule has 0 bridgehead atoms. The van der Waals surface area contributed by atoms with Crippen molar-refractivity contribution in [3.8, 4) is 0 Å². The summed E-state index contributed by atoms with van der Waals surface area (Å²) >= 11 is 1.24. The van der Waals surface area contributed by atoms with E-state index in [9.17, 15) is 9.18 Å². The number of amides is 1. The Bertz CT molecular complexity index is 786. The first-order chi connectivity index (χ1) is 11.2. The number of rotatable bonds is 6. The van der Waals surface area contributed by atoms with Gasteiger partial charge in [0.25, 0.3) is 5.22 Å². The Hall–Kier alpha value is -2.34. The van der Waals surface area contributed by atoms with E-state index in [4.69, 9.17) is 4.42 Å². The molecule has 0 saturated heterocycles. The highest BCUT2D eigenvalue weighted by molar-refractivity contribution is 7.99. The number of carbonyl (C=O) groups is 1. The van der Waals surface area contributed by atoms with Crippen LogP contribution in [0.15, 0.2) is 58.2 Å². The highest BCUT2D eigenvalue weighted by Crippen LogP contribution is 2.22. The number of benzene rings is 2. The maximum Gasteiger partial charge on any atom is 0.257 e. The van der Waals surface area contributed by atoms with Gasteiger partial charge in [-0.2, -0.15) is 0 Å². The lowest BCUT2D eigenvalue weighted by molar-refractivity contribution is -0.118. The summed E-state index contributed by atoms with van der Waals surface area (Å²) in [4.78, 5) is 16.1. The molecular formula is C17H15FN2O2S. The predicted octanol–water partition coefficient (Wildman–Crippen LogP) is 3.42. The molecule has 0 aliphatic heterocycles. The van der Waals surface area contributed by atoms with E-state index in [0.29, 0.717) is 29.3 Å². The third-order valence-electron chi connectivity index (χ3n) is 3.28. The fourth-order valence-electron chi connectivity index (χ4n) is 2.13. The lowest BCUT2D eigenvalue weighted by Gasteiger charge is -2.05. The summed E-state index contributed by atoms with van der Waals surface area (Å²) in [5.41, 5.74) is 2.07. The van der Waals surface area contributed by atoms with Crippen molar-refractivity contribution in [3.05, 3.63) is 59.9 Å². The van der Waals surface area contributed by atoms with Crippen molar-refractivity contribution >= 4 is 28.8 Å². The van der Waals surface area contributed by atoms with Gasteiger partial charge in [-0.25, -0.2) is 9.37 Å². The summed E-state index contributed by atoms with van der Waals surface area (Å²) in [7, 11) is 0. The Kier molecular flexibility index (Phi) is 4.92. The maximum atomic E-state index is 13.4. The number of halogens is 1. The number of nitrogens with zero attached hydrogens (tertiary/aromatic N) is 1. The van der Waals surface area contributed by atoms with E-state index in [1.54, 1.807) is 18.2 Å². The van der Waals surface area contributed by atoms with Crippen LogP contribution in [0.5, 0.6) is 0 Å². The van der Waals surface area contributed by atoms with Crippen molar-refractivity contribution in [3.63, 3.8) is 0 Å². The van der Waals surface area contributed by atoms with Gasteiger partial charge in [0, 0.05) is 6.54 Å². The number of hydrogen-bond acceptors (Lipinski definition) is 4. The Morgan fingerprint density at radius 2 is 1.96 bits per heavy atom. The molecule has 0 radical (unpaired) electrons. The van der Waals surface area contributed by atoms with E-state index in [1.807, 2.05) is 24.3 Å². The summed E-state index contributed by atoms with van der Waals surface area (Å²) in [5.74, 6) is -0.166. The molecule has 0 unspecified atom stereocenters. The number of oxazole rings is 1. The van der Waals surface area contributed by atoms with Gasteiger partial charge in [0.15, 0.2) is 5.58 Å². The molecular weight excluding hydrogens is 315 g/mol. The van der Waals surface area contributed by atoms with Crippen molar-refractivity contribution in [2.24, 2.45) is 0 Å². The van der Waals surface area contributed by atoms with Gasteiger partial charge in [-0.3, -0.25) is 4.79 Å². The molecule has 1 aromatic heterocycles. The first kappa shape index (κ1) is 15.6. The highest BCUT2D eigenvalue weighted by Gasteiger charge is 2.09. The van der Waals surface area contributed by atoms with Crippen LogP contribution in [0, 0.1) is 5.82 Å². The minimum absolute atomic E-state index is 0.131. The zero-order chi connectivity index (χ0) is 16.1. The van der Waals surface area contributed by atoms with Gasteiger partial charge in [0.05, 0.1) is 5.75 Å². The molecule has 0 atom stereocenters. The van der Waals surface area contributed by atoms with Gasteiger partial charge in [0.1, 0.15) is 11.3 Å².